The van der Waals surface area contributed by atoms with Crippen LogP contribution >= 0.6 is 0 Å². The monoisotopic (exact) mass is 209 g/mol. The lowest BCUT2D eigenvalue weighted by molar-refractivity contribution is 0.249. The minimum Gasteiger partial charge on any atom is -0.421 e. The fraction of sp³-hybridized carbons (Fsp3) is 0.455. The van der Waals surface area contributed by atoms with Crippen molar-refractivity contribution in [2.24, 2.45) is 5.73 Å². The third-order valence-electron chi connectivity index (χ3n) is 2.39. The van der Waals surface area contributed by atoms with Gasteiger partial charge in [0.05, 0.1) is 6.10 Å². The summed E-state index contributed by atoms with van der Waals surface area (Å²) in [7, 11) is 0.773. The lowest BCUT2D eigenvalue weighted by Crippen LogP contribution is -2.19. The van der Waals surface area contributed by atoms with Crippen molar-refractivity contribution in [3.63, 3.8) is 0 Å². The van der Waals surface area contributed by atoms with Crippen molar-refractivity contribution in [1.82, 2.24) is 0 Å². The summed E-state index contributed by atoms with van der Waals surface area (Å²) >= 11 is 0. The van der Waals surface area contributed by atoms with Crippen LogP contribution in [0.1, 0.15) is 31.1 Å². The molecule has 0 heterocycles. The summed E-state index contributed by atoms with van der Waals surface area (Å²) in [6, 6.07) is 8.58. The second-order valence-electron chi connectivity index (χ2n) is 3.76. The molecule has 0 saturated carbocycles. The summed E-state index contributed by atoms with van der Waals surface area (Å²) in [6.07, 6.45) is 1.13. The van der Waals surface area contributed by atoms with E-state index in [1.54, 1.807) is 0 Å². The van der Waals surface area contributed by atoms with E-state index in [0.29, 0.717) is 0 Å². The maximum atomic E-state index is 5.80. The molecule has 0 saturated heterocycles. The molecular formula is C11H19NOSi. The highest BCUT2D eigenvalue weighted by molar-refractivity contribution is 5.98. The number of hydrogen-bond donors (Lipinski definition) is 1. The summed E-state index contributed by atoms with van der Waals surface area (Å²) in [4.78, 5) is 0. The predicted molar refractivity (Wildman–Crippen MR) is 63.2 cm³/mol. The second kappa shape index (κ2) is 5.29. The van der Waals surface area contributed by atoms with Gasteiger partial charge < -0.3 is 10.2 Å². The Hall–Kier alpha value is -0.643. The molecule has 78 valence electrons. The Labute approximate surface area is 89.0 Å². The molecule has 0 amide bonds. The molecule has 1 rings (SSSR count). The zero-order valence-electron chi connectivity index (χ0n) is 9.16. The van der Waals surface area contributed by atoms with E-state index in [0.717, 1.165) is 16.9 Å². The molecule has 2 nitrogen and oxygen atoms in total. The van der Waals surface area contributed by atoms with Gasteiger partial charge in [-0.15, -0.1) is 0 Å². The molecule has 2 atom stereocenters. The standard InChI is InChI=1S/C11H19NOSi/c1-8(12)7-10-5-3-4-6-11(10)9(2)13-14/h3-6,8-9H,7,12H2,1-2,14H3. The Morgan fingerprint density at radius 1 is 1.36 bits per heavy atom. The van der Waals surface area contributed by atoms with Crippen molar-refractivity contribution in [2.45, 2.75) is 32.4 Å². The van der Waals surface area contributed by atoms with Gasteiger partial charge in [-0.3, -0.25) is 0 Å². The van der Waals surface area contributed by atoms with E-state index < -0.39 is 0 Å². The van der Waals surface area contributed by atoms with Gasteiger partial charge in [-0.2, -0.15) is 0 Å². The quantitative estimate of drug-likeness (QED) is 0.749. The van der Waals surface area contributed by atoms with Gasteiger partial charge in [-0.25, -0.2) is 0 Å². The van der Waals surface area contributed by atoms with Crippen molar-refractivity contribution in [1.29, 1.82) is 0 Å². The van der Waals surface area contributed by atoms with E-state index in [1.165, 1.54) is 11.1 Å². The average Bonchev–Trinajstić information content (AvgIpc) is 2.16. The molecule has 0 spiro atoms. The SMILES string of the molecule is CC(N)Cc1ccccc1C(C)O[SiH3]. The van der Waals surface area contributed by atoms with Gasteiger partial charge in [0.15, 0.2) is 0 Å². The molecule has 3 heteroatoms. The topological polar surface area (TPSA) is 35.2 Å². The zero-order chi connectivity index (χ0) is 10.6. The molecule has 0 radical (unpaired) electrons. The highest BCUT2D eigenvalue weighted by Crippen LogP contribution is 2.20. The largest absolute Gasteiger partial charge is 0.421 e. The Bertz CT molecular complexity index is 288. The minimum absolute atomic E-state index is 0.205. The number of hydrogen-bond acceptors (Lipinski definition) is 2. The Balaban J connectivity index is 2.91. The second-order valence-corrected chi connectivity index (χ2v) is 4.23. The zero-order valence-corrected chi connectivity index (χ0v) is 11.2. The van der Waals surface area contributed by atoms with Crippen LogP contribution in [-0.4, -0.2) is 16.5 Å². The lowest BCUT2D eigenvalue weighted by Gasteiger charge is -2.16. The van der Waals surface area contributed by atoms with Gasteiger partial charge in [0.2, 0.25) is 0 Å². The molecule has 0 aliphatic carbocycles. The fourth-order valence-corrected chi connectivity index (χ4v) is 1.84. The summed E-state index contributed by atoms with van der Waals surface area (Å²) in [5.74, 6) is 0. The van der Waals surface area contributed by atoms with Crippen LogP contribution in [0.15, 0.2) is 24.3 Å². The third-order valence-corrected chi connectivity index (χ3v) is 3.10. The van der Waals surface area contributed by atoms with Crippen LogP contribution in [0.5, 0.6) is 0 Å². The van der Waals surface area contributed by atoms with Gasteiger partial charge in [0.25, 0.3) is 0 Å². The van der Waals surface area contributed by atoms with Crippen molar-refractivity contribution < 1.29 is 4.43 Å². The van der Waals surface area contributed by atoms with Crippen LogP contribution in [0.3, 0.4) is 0 Å². The van der Waals surface area contributed by atoms with Crippen LogP contribution < -0.4 is 5.73 Å². The molecule has 0 aromatic heterocycles. The molecule has 2 unspecified atom stereocenters. The summed E-state index contributed by atoms with van der Waals surface area (Å²) < 4.78 is 5.46. The Kier molecular flexibility index (Phi) is 4.32. The van der Waals surface area contributed by atoms with Crippen LogP contribution in [0.2, 0.25) is 0 Å². The van der Waals surface area contributed by atoms with E-state index in [2.05, 4.69) is 31.2 Å². The van der Waals surface area contributed by atoms with Crippen molar-refractivity contribution in [2.75, 3.05) is 0 Å². The van der Waals surface area contributed by atoms with Crippen molar-refractivity contribution in [3.8, 4) is 0 Å². The first kappa shape index (κ1) is 11.4. The van der Waals surface area contributed by atoms with Crippen LogP contribution in [0.4, 0.5) is 0 Å². The average molecular weight is 209 g/mol. The normalized spacial score (nSPS) is 15.4. The van der Waals surface area contributed by atoms with Crippen molar-refractivity contribution in [3.05, 3.63) is 35.4 Å². The van der Waals surface area contributed by atoms with E-state index in [4.69, 9.17) is 10.2 Å². The molecule has 0 aliphatic rings. The molecule has 1 aromatic carbocycles. The third kappa shape index (κ3) is 2.94. The van der Waals surface area contributed by atoms with E-state index in [-0.39, 0.29) is 12.1 Å². The molecule has 0 aliphatic heterocycles. The van der Waals surface area contributed by atoms with Gasteiger partial charge in [-0.1, -0.05) is 24.3 Å². The number of benzene rings is 1. The summed E-state index contributed by atoms with van der Waals surface area (Å²) in [6.45, 7) is 4.12. The van der Waals surface area contributed by atoms with Crippen molar-refractivity contribution >= 4 is 10.5 Å². The minimum atomic E-state index is 0.205. The molecular weight excluding hydrogens is 190 g/mol. The summed E-state index contributed by atoms with van der Waals surface area (Å²) in [5, 5.41) is 0. The Morgan fingerprint density at radius 3 is 2.57 bits per heavy atom. The van der Waals surface area contributed by atoms with Gasteiger partial charge in [-0.05, 0) is 31.4 Å². The predicted octanol–water partition coefficient (Wildman–Crippen LogP) is 0.934. The molecule has 14 heavy (non-hydrogen) atoms. The van der Waals surface area contributed by atoms with Gasteiger partial charge >= 0.3 is 0 Å². The highest BCUT2D eigenvalue weighted by atomic mass is 28.2. The number of nitrogens with two attached hydrogens (primary N) is 1. The number of rotatable bonds is 4. The van der Waals surface area contributed by atoms with E-state index in [9.17, 15) is 0 Å². The van der Waals surface area contributed by atoms with Crippen LogP contribution in [0.25, 0.3) is 0 Å². The first-order valence-corrected chi connectivity index (χ1v) is 5.83. The van der Waals surface area contributed by atoms with Crippen LogP contribution in [-0.2, 0) is 10.8 Å². The molecule has 0 fully saturated rings. The maximum Gasteiger partial charge on any atom is 0.146 e. The molecule has 1 aromatic rings. The maximum absolute atomic E-state index is 5.80. The Morgan fingerprint density at radius 2 is 2.00 bits per heavy atom. The molecule has 2 N–H and O–H groups in total. The smallest absolute Gasteiger partial charge is 0.146 e. The lowest BCUT2D eigenvalue weighted by atomic mass is 9.98. The molecule has 0 bridgehead atoms. The highest BCUT2D eigenvalue weighted by Gasteiger charge is 2.09. The fourth-order valence-electron chi connectivity index (χ4n) is 1.59. The van der Waals surface area contributed by atoms with E-state index in [1.807, 2.05) is 6.92 Å². The first-order valence-electron chi connectivity index (χ1n) is 5.01. The van der Waals surface area contributed by atoms with E-state index >= 15 is 0 Å². The summed E-state index contributed by atoms with van der Waals surface area (Å²) in [5.41, 5.74) is 8.39. The van der Waals surface area contributed by atoms with Gasteiger partial charge in [0.1, 0.15) is 10.5 Å². The first-order chi connectivity index (χ1) is 6.65. The van der Waals surface area contributed by atoms with Gasteiger partial charge in [0, 0.05) is 6.04 Å². The van der Waals surface area contributed by atoms with Crippen LogP contribution in [0, 0.1) is 0 Å².